The molecule has 0 amide bonds. The van der Waals surface area contributed by atoms with Crippen molar-refractivity contribution in [3.63, 3.8) is 0 Å². The van der Waals surface area contributed by atoms with Crippen LogP contribution in [0.2, 0.25) is 0 Å². The van der Waals surface area contributed by atoms with E-state index in [0.717, 1.165) is 36.1 Å². The second kappa shape index (κ2) is 6.95. The number of para-hydroxylation sites is 1. The Labute approximate surface area is 140 Å². The Morgan fingerprint density at radius 1 is 1.04 bits per heavy atom. The molecule has 4 rings (SSSR count). The number of anilines is 1. The maximum Gasteiger partial charge on any atom is 0.162 e. The van der Waals surface area contributed by atoms with Crippen molar-refractivity contribution in [1.29, 1.82) is 0 Å². The molecule has 1 saturated heterocycles. The highest BCUT2D eigenvalue weighted by Crippen LogP contribution is 2.25. The molecule has 5 heteroatoms. The second-order valence-corrected chi connectivity index (χ2v) is 5.92. The van der Waals surface area contributed by atoms with Gasteiger partial charge in [0, 0.05) is 23.5 Å². The van der Waals surface area contributed by atoms with Crippen LogP contribution in [-0.2, 0) is 9.57 Å². The molecule has 2 aromatic carbocycles. The molecule has 2 heterocycles. The quantitative estimate of drug-likeness (QED) is 0.727. The van der Waals surface area contributed by atoms with Crippen molar-refractivity contribution in [3.05, 3.63) is 54.6 Å². The zero-order valence-corrected chi connectivity index (χ0v) is 13.3. The highest BCUT2D eigenvalue weighted by molar-refractivity contribution is 5.90. The van der Waals surface area contributed by atoms with E-state index in [0.29, 0.717) is 24.2 Å². The number of aromatic nitrogens is 2. The molecule has 24 heavy (non-hydrogen) atoms. The van der Waals surface area contributed by atoms with Gasteiger partial charge in [0.1, 0.15) is 0 Å². The van der Waals surface area contributed by atoms with Crippen LogP contribution >= 0.6 is 0 Å². The van der Waals surface area contributed by atoms with E-state index < -0.39 is 0 Å². The van der Waals surface area contributed by atoms with Crippen molar-refractivity contribution in [1.82, 2.24) is 9.97 Å². The molecular weight excluding hydrogens is 302 g/mol. The van der Waals surface area contributed by atoms with E-state index in [1.165, 1.54) is 0 Å². The molecule has 0 bridgehead atoms. The van der Waals surface area contributed by atoms with Gasteiger partial charge in [-0.15, -0.1) is 0 Å². The first kappa shape index (κ1) is 15.1. The molecule has 0 radical (unpaired) electrons. The number of benzene rings is 2. The van der Waals surface area contributed by atoms with Crippen LogP contribution in [0.5, 0.6) is 0 Å². The third-order valence-corrected chi connectivity index (χ3v) is 4.15. The van der Waals surface area contributed by atoms with Gasteiger partial charge in [-0.1, -0.05) is 42.5 Å². The topological polar surface area (TPSA) is 56.3 Å². The number of rotatable bonds is 5. The van der Waals surface area contributed by atoms with Gasteiger partial charge in [-0.25, -0.2) is 15.4 Å². The summed E-state index contributed by atoms with van der Waals surface area (Å²) in [6.45, 7) is 2.20. The van der Waals surface area contributed by atoms with Crippen LogP contribution in [0.3, 0.4) is 0 Å². The van der Waals surface area contributed by atoms with E-state index in [4.69, 9.17) is 9.57 Å². The van der Waals surface area contributed by atoms with Crippen LogP contribution in [0.15, 0.2) is 54.6 Å². The van der Waals surface area contributed by atoms with Crippen LogP contribution in [-0.4, -0.2) is 29.8 Å². The van der Waals surface area contributed by atoms with E-state index in [-0.39, 0.29) is 0 Å². The lowest BCUT2D eigenvalue weighted by molar-refractivity contribution is 0.126. The number of fused-ring (bicyclic) bond motifs is 1. The zero-order valence-electron chi connectivity index (χ0n) is 13.3. The Bertz CT molecular complexity index is 817. The lowest BCUT2D eigenvalue weighted by atomic mass is 10.1. The Hall–Kier alpha value is -2.50. The van der Waals surface area contributed by atoms with Crippen molar-refractivity contribution in [2.45, 2.75) is 6.42 Å². The summed E-state index contributed by atoms with van der Waals surface area (Å²) in [7, 11) is 0. The van der Waals surface area contributed by atoms with E-state index >= 15 is 0 Å². The second-order valence-electron chi connectivity index (χ2n) is 5.92. The molecule has 1 N–H and O–H groups in total. The molecule has 3 aromatic rings. The summed E-state index contributed by atoms with van der Waals surface area (Å²) in [4.78, 5) is 15.0. The molecule has 0 aliphatic carbocycles. The van der Waals surface area contributed by atoms with Crippen LogP contribution in [0.25, 0.3) is 22.3 Å². The molecule has 1 aliphatic heterocycles. The van der Waals surface area contributed by atoms with Crippen LogP contribution in [0.4, 0.5) is 5.82 Å². The predicted octanol–water partition coefficient (Wildman–Crippen LogP) is 3.68. The molecule has 1 aliphatic rings. The normalized spacial score (nSPS) is 17.2. The summed E-state index contributed by atoms with van der Waals surface area (Å²) in [5.41, 5.74) is 4.89. The number of hydrogen-bond donors (Lipinski definition) is 1. The van der Waals surface area contributed by atoms with Gasteiger partial charge >= 0.3 is 0 Å². The SMILES string of the molecule is c1ccc(-c2nc(NOCC3CCOC3)c3ccccc3n2)cc1. The van der Waals surface area contributed by atoms with Gasteiger partial charge in [-0.05, 0) is 18.6 Å². The van der Waals surface area contributed by atoms with Gasteiger partial charge in [-0.2, -0.15) is 0 Å². The Kier molecular flexibility index (Phi) is 4.36. The third-order valence-electron chi connectivity index (χ3n) is 4.15. The fourth-order valence-electron chi connectivity index (χ4n) is 2.81. The third kappa shape index (κ3) is 3.22. The summed E-state index contributed by atoms with van der Waals surface area (Å²) < 4.78 is 5.37. The molecule has 0 spiro atoms. The van der Waals surface area contributed by atoms with Crippen LogP contribution in [0, 0.1) is 5.92 Å². The Morgan fingerprint density at radius 2 is 1.88 bits per heavy atom. The maximum absolute atomic E-state index is 5.68. The van der Waals surface area contributed by atoms with Gasteiger partial charge < -0.3 is 4.74 Å². The van der Waals surface area contributed by atoms with Crippen LogP contribution < -0.4 is 5.48 Å². The van der Waals surface area contributed by atoms with E-state index in [2.05, 4.69) is 15.4 Å². The number of hydrogen-bond acceptors (Lipinski definition) is 5. The van der Waals surface area contributed by atoms with Gasteiger partial charge in [0.2, 0.25) is 0 Å². The molecule has 5 nitrogen and oxygen atoms in total. The van der Waals surface area contributed by atoms with Crippen molar-refractivity contribution in [2.24, 2.45) is 5.92 Å². The average Bonchev–Trinajstić information content (AvgIpc) is 3.16. The highest BCUT2D eigenvalue weighted by Gasteiger charge is 2.16. The number of nitrogens with one attached hydrogen (secondary N) is 1. The maximum atomic E-state index is 5.68. The van der Waals surface area contributed by atoms with E-state index in [9.17, 15) is 0 Å². The Morgan fingerprint density at radius 3 is 2.71 bits per heavy atom. The minimum Gasteiger partial charge on any atom is -0.381 e. The molecule has 0 saturated carbocycles. The highest BCUT2D eigenvalue weighted by atomic mass is 16.6. The minimum absolute atomic E-state index is 0.444. The van der Waals surface area contributed by atoms with Crippen molar-refractivity contribution < 1.29 is 9.57 Å². The lowest BCUT2D eigenvalue weighted by Crippen LogP contribution is -2.14. The summed E-state index contributed by atoms with van der Waals surface area (Å²) in [5.74, 6) is 1.82. The van der Waals surface area contributed by atoms with Gasteiger partial charge in [0.25, 0.3) is 0 Å². The predicted molar refractivity (Wildman–Crippen MR) is 93.5 cm³/mol. The van der Waals surface area contributed by atoms with E-state index in [1.54, 1.807) is 0 Å². The van der Waals surface area contributed by atoms with Crippen molar-refractivity contribution >= 4 is 16.7 Å². The average molecular weight is 321 g/mol. The number of nitrogens with zero attached hydrogens (tertiary/aromatic N) is 2. The summed E-state index contributed by atoms with van der Waals surface area (Å²) in [5, 5.41) is 0.944. The number of ether oxygens (including phenoxy) is 1. The van der Waals surface area contributed by atoms with Gasteiger partial charge in [0.15, 0.2) is 11.6 Å². The first-order valence-electron chi connectivity index (χ1n) is 8.18. The molecule has 1 unspecified atom stereocenters. The molecule has 1 aromatic heterocycles. The van der Waals surface area contributed by atoms with Gasteiger partial charge in [0.05, 0.1) is 18.7 Å². The summed E-state index contributed by atoms with van der Waals surface area (Å²) in [6.07, 6.45) is 1.04. The molecule has 1 atom stereocenters. The molecule has 1 fully saturated rings. The molecule has 122 valence electrons. The monoisotopic (exact) mass is 321 g/mol. The van der Waals surface area contributed by atoms with Crippen molar-refractivity contribution in [3.8, 4) is 11.4 Å². The van der Waals surface area contributed by atoms with Crippen LogP contribution in [0.1, 0.15) is 6.42 Å². The fraction of sp³-hybridized carbons (Fsp3) is 0.263. The summed E-state index contributed by atoms with van der Waals surface area (Å²) >= 11 is 0. The van der Waals surface area contributed by atoms with Gasteiger partial charge in [-0.3, -0.25) is 4.84 Å². The first-order valence-corrected chi connectivity index (χ1v) is 8.18. The van der Waals surface area contributed by atoms with Crippen molar-refractivity contribution in [2.75, 3.05) is 25.3 Å². The standard InChI is InChI=1S/C19H19N3O2/c1-2-6-15(7-3-1)18-20-17-9-5-4-8-16(17)19(21-18)22-24-13-14-10-11-23-12-14/h1-9,14H,10-13H2,(H,20,21,22). The van der Waals surface area contributed by atoms with E-state index in [1.807, 2.05) is 54.6 Å². The summed E-state index contributed by atoms with van der Waals surface area (Å²) in [6, 6.07) is 17.9. The Balaban J connectivity index is 1.62. The molecular formula is C19H19N3O2. The smallest absolute Gasteiger partial charge is 0.162 e. The minimum atomic E-state index is 0.444. The first-order chi connectivity index (χ1) is 11.9. The largest absolute Gasteiger partial charge is 0.381 e. The zero-order chi connectivity index (χ0) is 16.2. The fourth-order valence-corrected chi connectivity index (χ4v) is 2.81. The lowest BCUT2D eigenvalue weighted by Gasteiger charge is -2.12.